The lowest BCUT2D eigenvalue weighted by Gasteiger charge is -2.60. The molecule has 0 amide bonds. The highest BCUT2D eigenvalue weighted by atomic mass is 35.5. The van der Waals surface area contributed by atoms with Crippen molar-refractivity contribution in [1.82, 2.24) is 0 Å². The first kappa shape index (κ1) is 37.9. The number of benzene rings is 1. The van der Waals surface area contributed by atoms with Gasteiger partial charge in [-0.25, -0.2) is 0 Å². The zero-order valence-electron chi connectivity index (χ0n) is 29.9. The van der Waals surface area contributed by atoms with Crippen LogP contribution in [-0.4, -0.2) is 60.6 Å². The highest BCUT2D eigenvalue weighted by molar-refractivity contribution is 6.18. The number of hydrogen-bond acceptors (Lipinski definition) is 7. The molecular weight excluding hydrogens is 661 g/mol. The molecule has 0 spiro atoms. The van der Waals surface area contributed by atoms with Crippen LogP contribution in [0.3, 0.4) is 0 Å². The van der Waals surface area contributed by atoms with Gasteiger partial charge in [0.1, 0.15) is 0 Å². The quantitative estimate of drug-likeness (QED) is 0.103. The van der Waals surface area contributed by atoms with E-state index in [2.05, 4.69) is 49.9 Å². The summed E-state index contributed by atoms with van der Waals surface area (Å²) in [4.78, 5) is 53.6. The average Bonchev–Trinajstić information content (AvgIpc) is 3.37. The number of rotatable bonds is 15. The van der Waals surface area contributed by atoms with Crippen LogP contribution in [-0.2, 0) is 35.1 Å². The van der Waals surface area contributed by atoms with Crippen LogP contribution >= 0.6 is 23.2 Å². The van der Waals surface area contributed by atoms with E-state index >= 15 is 0 Å². The maximum Gasteiger partial charge on any atom is 0.306 e. The second-order valence-electron chi connectivity index (χ2n) is 15.6. The Kier molecular flexibility index (Phi) is 12.3. The van der Waals surface area contributed by atoms with Crippen molar-refractivity contribution in [1.29, 1.82) is 0 Å². The Morgan fingerprint density at radius 3 is 2.27 bits per heavy atom. The predicted octanol–water partition coefficient (Wildman–Crippen LogP) is 8.27. The Morgan fingerprint density at radius 2 is 1.59 bits per heavy atom. The van der Waals surface area contributed by atoms with Gasteiger partial charge in [0.2, 0.25) is 0 Å². The first-order chi connectivity index (χ1) is 23.4. The molecule has 5 rings (SSSR count). The lowest BCUT2D eigenvalue weighted by atomic mass is 9.44. The SMILES string of the molecule is CC(=O)[C@@]1(OC(=O)CCCOC(=O)CCCc2ccc(N(CCCl)CCCl)cc2)CC[C@H]2[C@@H]3C[C@H](C)C4=CC(=O)CC[C@]4(C)[C@H]3CC[C@@]21C. The number of anilines is 1. The fourth-order valence-corrected chi connectivity index (χ4v) is 10.8. The topological polar surface area (TPSA) is 90.0 Å². The molecule has 0 heterocycles. The van der Waals surface area contributed by atoms with Gasteiger partial charge >= 0.3 is 11.9 Å². The van der Waals surface area contributed by atoms with Crippen molar-refractivity contribution in [2.24, 2.45) is 34.5 Å². The maximum absolute atomic E-state index is 13.4. The molecule has 1 aromatic rings. The molecule has 3 saturated carbocycles. The molecule has 4 aliphatic rings. The minimum absolute atomic E-state index is 0.0236. The van der Waals surface area contributed by atoms with E-state index in [1.165, 1.54) is 5.57 Å². The average molecular weight is 717 g/mol. The summed E-state index contributed by atoms with van der Waals surface area (Å²) in [5, 5.41) is 0. The third-order valence-corrected chi connectivity index (χ3v) is 13.2. The molecule has 1 aromatic carbocycles. The number of Topliss-reactive ketones (excluding diaryl/α,β-unsaturated/α-hetero) is 1. The molecule has 0 aliphatic heterocycles. The Bertz CT molecular complexity index is 1410. The molecule has 0 unspecified atom stereocenters. The second-order valence-corrected chi connectivity index (χ2v) is 16.3. The first-order valence-electron chi connectivity index (χ1n) is 18.5. The van der Waals surface area contributed by atoms with Crippen molar-refractivity contribution in [3.05, 3.63) is 41.5 Å². The Hall–Kier alpha value is -2.38. The summed E-state index contributed by atoms with van der Waals surface area (Å²) < 4.78 is 11.7. The van der Waals surface area contributed by atoms with Crippen LogP contribution in [0.1, 0.15) is 104 Å². The number of allylic oxidation sites excluding steroid dienone is 1. The summed E-state index contributed by atoms with van der Waals surface area (Å²) in [6, 6.07) is 8.25. The van der Waals surface area contributed by atoms with Crippen molar-refractivity contribution in [3.8, 4) is 0 Å². The minimum atomic E-state index is -1.12. The second kappa shape index (κ2) is 15.9. The fourth-order valence-electron chi connectivity index (χ4n) is 10.4. The standard InChI is InChI=1S/C40H55Cl2NO6/c1-27-25-32-33(38(3)17-14-31(45)26-35(27)38)15-18-39(4)34(32)16-19-40(39,28(2)44)49-37(47)9-6-24-48-36(46)8-5-7-29-10-12-30(13-11-29)43(22-20-41)23-21-42/h10-13,26-27,32-34H,5-9,14-25H2,1-4H3/t27-,32+,33-,34-,38+,39-,40-/m0/s1. The van der Waals surface area contributed by atoms with Crippen LogP contribution in [0.2, 0.25) is 0 Å². The lowest BCUT2D eigenvalue weighted by Crippen LogP contribution is -2.59. The number of halogens is 2. The molecule has 49 heavy (non-hydrogen) atoms. The molecule has 9 heteroatoms. The number of esters is 2. The van der Waals surface area contributed by atoms with E-state index in [4.69, 9.17) is 32.7 Å². The van der Waals surface area contributed by atoms with E-state index in [0.717, 1.165) is 62.9 Å². The van der Waals surface area contributed by atoms with Crippen LogP contribution in [0.5, 0.6) is 0 Å². The van der Waals surface area contributed by atoms with Gasteiger partial charge in [-0.15, -0.1) is 23.2 Å². The number of carbonyl (C=O) groups is 4. The highest BCUT2D eigenvalue weighted by Gasteiger charge is 2.68. The lowest BCUT2D eigenvalue weighted by molar-refractivity contribution is -0.189. The minimum Gasteiger partial charge on any atom is -0.466 e. The number of ether oxygens (including phenoxy) is 2. The van der Waals surface area contributed by atoms with Crippen molar-refractivity contribution < 1.29 is 28.7 Å². The van der Waals surface area contributed by atoms with E-state index in [9.17, 15) is 19.2 Å². The van der Waals surface area contributed by atoms with E-state index in [1.54, 1.807) is 6.92 Å². The zero-order chi connectivity index (χ0) is 35.4. The highest BCUT2D eigenvalue weighted by Crippen LogP contribution is 2.69. The van der Waals surface area contributed by atoms with Crippen molar-refractivity contribution in [2.45, 2.75) is 110 Å². The van der Waals surface area contributed by atoms with Gasteiger partial charge in [-0.1, -0.05) is 38.5 Å². The Balaban J connectivity index is 1.09. The third-order valence-electron chi connectivity index (χ3n) is 12.9. The van der Waals surface area contributed by atoms with Crippen LogP contribution in [0.4, 0.5) is 5.69 Å². The van der Waals surface area contributed by atoms with Crippen LogP contribution in [0, 0.1) is 34.5 Å². The van der Waals surface area contributed by atoms with Gasteiger partial charge in [0.05, 0.1) is 6.61 Å². The number of carbonyl (C=O) groups excluding carboxylic acids is 4. The van der Waals surface area contributed by atoms with Gasteiger partial charge in [-0.2, -0.15) is 0 Å². The molecule has 270 valence electrons. The summed E-state index contributed by atoms with van der Waals surface area (Å²) in [5.41, 5.74) is 2.04. The summed E-state index contributed by atoms with van der Waals surface area (Å²) in [6.07, 6.45) is 9.90. The van der Waals surface area contributed by atoms with Gasteiger partial charge in [-0.3, -0.25) is 19.2 Å². The van der Waals surface area contributed by atoms with E-state index in [0.29, 0.717) is 67.5 Å². The smallest absolute Gasteiger partial charge is 0.306 e. The molecule has 3 fully saturated rings. The summed E-state index contributed by atoms with van der Waals surface area (Å²) >= 11 is 11.8. The molecule has 0 radical (unpaired) electrons. The van der Waals surface area contributed by atoms with E-state index < -0.39 is 17.0 Å². The van der Waals surface area contributed by atoms with E-state index in [-0.39, 0.29) is 36.0 Å². The molecule has 7 nitrogen and oxygen atoms in total. The number of nitrogens with zero attached hydrogens (tertiary/aromatic N) is 1. The molecule has 0 saturated heterocycles. The van der Waals surface area contributed by atoms with Gasteiger partial charge in [0.15, 0.2) is 17.2 Å². The van der Waals surface area contributed by atoms with Crippen molar-refractivity contribution in [3.63, 3.8) is 0 Å². The Morgan fingerprint density at radius 1 is 0.918 bits per heavy atom. The maximum atomic E-state index is 13.4. The fraction of sp³-hybridized carbons (Fsp3) is 0.700. The van der Waals surface area contributed by atoms with Gasteiger partial charge in [0.25, 0.3) is 0 Å². The number of fused-ring (bicyclic) bond motifs is 5. The van der Waals surface area contributed by atoms with Gasteiger partial charge < -0.3 is 14.4 Å². The monoisotopic (exact) mass is 715 g/mol. The molecular formula is C40H55Cl2NO6. The van der Waals surface area contributed by atoms with E-state index in [1.807, 2.05) is 6.08 Å². The molecule has 0 bridgehead atoms. The number of alkyl halides is 2. The first-order valence-corrected chi connectivity index (χ1v) is 19.5. The third kappa shape index (κ3) is 7.64. The van der Waals surface area contributed by atoms with Gasteiger partial charge in [-0.05, 0) is 118 Å². The molecule has 0 aromatic heterocycles. The zero-order valence-corrected chi connectivity index (χ0v) is 31.4. The van der Waals surface area contributed by atoms with Gasteiger partial charge in [0, 0.05) is 55.2 Å². The number of ketones is 2. The van der Waals surface area contributed by atoms with Crippen LogP contribution in [0.15, 0.2) is 35.9 Å². The van der Waals surface area contributed by atoms with Crippen LogP contribution < -0.4 is 4.90 Å². The molecule has 7 atom stereocenters. The summed E-state index contributed by atoms with van der Waals surface area (Å²) in [7, 11) is 0. The number of hydrogen-bond donors (Lipinski definition) is 0. The Labute approximate surface area is 302 Å². The van der Waals surface area contributed by atoms with Crippen molar-refractivity contribution >= 4 is 52.4 Å². The molecule has 0 N–H and O–H groups in total. The summed E-state index contributed by atoms with van der Waals surface area (Å²) in [6.45, 7) is 10.0. The summed E-state index contributed by atoms with van der Waals surface area (Å²) in [5.74, 6) is 2.13. The van der Waals surface area contributed by atoms with Crippen LogP contribution in [0.25, 0.3) is 0 Å². The normalized spacial score (nSPS) is 32.0. The van der Waals surface area contributed by atoms with Crippen molar-refractivity contribution in [2.75, 3.05) is 36.4 Å². The largest absolute Gasteiger partial charge is 0.466 e. The predicted molar refractivity (Wildman–Crippen MR) is 194 cm³/mol. The molecule has 4 aliphatic carbocycles. The number of aryl methyl sites for hydroxylation is 1.